The lowest BCUT2D eigenvalue weighted by Crippen LogP contribution is -2.51. The van der Waals surface area contributed by atoms with Gasteiger partial charge in [-0.15, -0.1) is 11.3 Å². The zero-order valence-electron chi connectivity index (χ0n) is 18.0. The third kappa shape index (κ3) is 4.68. The maximum Gasteiger partial charge on any atom is 0.322 e. The number of thiophene rings is 1. The normalized spacial score (nSPS) is 19.2. The van der Waals surface area contributed by atoms with Crippen molar-refractivity contribution in [3.8, 4) is 11.5 Å². The molecule has 0 spiro atoms. The van der Waals surface area contributed by atoms with Gasteiger partial charge in [0.05, 0.1) is 5.00 Å². The second-order valence-corrected chi connectivity index (χ2v) is 9.41. The number of benzene rings is 1. The number of likely N-dealkylation sites (tertiary alicyclic amines) is 1. The van der Waals surface area contributed by atoms with Crippen molar-refractivity contribution in [1.82, 2.24) is 14.7 Å². The van der Waals surface area contributed by atoms with Crippen LogP contribution in [0.4, 0.5) is 9.80 Å². The van der Waals surface area contributed by atoms with Crippen molar-refractivity contribution in [3.05, 3.63) is 41.3 Å². The number of carbonyl (C=O) groups excluding carboxylic acids is 2. The van der Waals surface area contributed by atoms with E-state index in [0.29, 0.717) is 13.1 Å². The van der Waals surface area contributed by atoms with E-state index in [9.17, 15) is 9.59 Å². The molecule has 2 fully saturated rings. The van der Waals surface area contributed by atoms with Crippen molar-refractivity contribution in [2.45, 2.75) is 19.4 Å². The van der Waals surface area contributed by atoms with Crippen molar-refractivity contribution in [2.75, 3.05) is 51.4 Å². The predicted molar refractivity (Wildman–Crippen MR) is 122 cm³/mol. The standard InChI is InChI=1S/C23H28N4O4S/c28-22(18-5-7-27(8-6-18)23(29)24-21-2-1-13-32-21)26-11-9-25(10-12-26)15-17-3-4-19-20(14-17)31-16-30-19/h1-4,13-14,18H,5-12,15-16H2,(H,24,29). The first kappa shape index (κ1) is 21.1. The molecule has 0 unspecified atom stereocenters. The number of fused-ring (bicyclic) bond motifs is 1. The number of piperazine rings is 1. The molecule has 8 nitrogen and oxygen atoms in total. The lowest BCUT2D eigenvalue weighted by Gasteiger charge is -2.38. The van der Waals surface area contributed by atoms with Crippen molar-refractivity contribution in [2.24, 2.45) is 5.92 Å². The highest BCUT2D eigenvalue weighted by Gasteiger charge is 2.32. The van der Waals surface area contributed by atoms with Gasteiger partial charge in [0, 0.05) is 51.7 Å². The summed E-state index contributed by atoms with van der Waals surface area (Å²) >= 11 is 1.51. The monoisotopic (exact) mass is 456 g/mol. The van der Waals surface area contributed by atoms with Crippen LogP contribution in [0.25, 0.3) is 0 Å². The molecule has 9 heteroatoms. The zero-order valence-corrected chi connectivity index (χ0v) is 18.8. The highest BCUT2D eigenvalue weighted by Crippen LogP contribution is 2.33. The third-order valence-corrected chi connectivity index (χ3v) is 7.20. The molecule has 0 aliphatic carbocycles. The molecule has 1 aromatic carbocycles. The van der Waals surface area contributed by atoms with Gasteiger partial charge in [0.1, 0.15) is 0 Å². The number of hydrogen-bond acceptors (Lipinski definition) is 6. The van der Waals surface area contributed by atoms with Gasteiger partial charge in [0.25, 0.3) is 0 Å². The van der Waals surface area contributed by atoms with E-state index in [0.717, 1.165) is 62.1 Å². The molecule has 2 aromatic rings. The number of rotatable bonds is 4. The molecule has 3 aliphatic heterocycles. The highest BCUT2D eigenvalue weighted by molar-refractivity contribution is 7.14. The molecule has 0 bridgehead atoms. The maximum atomic E-state index is 13.0. The highest BCUT2D eigenvalue weighted by atomic mass is 32.1. The van der Waals surface area contributed by atoms with Gasteiger partial charge in [-0.05, 0) is 48.1 Å². The third-order valence-electron chi connectivity index (χ3n) is 6.41. The van der Waals surface area contributed by atoms with Gasteiger partial charge in [-0.2, -0.15) is 0 Å². The summed E-state index contributed by atoms with van der Waals surface area (Å²) in [4.78, 5) is 31.6. The van der Waals surface area contributed by atoms with E-state index in [1.807, 2.05) is 39.4 Å². The predicted octanol–water partition coefficient (Wildman–Crippen LogP) is 3.07. The van der Waals surface area contributed by atoms with Crippen molar-refractivity contribution in [1.29, 1.82) is 0 Å². The minimum Gasteiger partial charge on any atom is -0.454 e. The van der Waals surface area contributed by atoms with Gasteiger partial charge >= 0.3 is 6.03 Å². The van der Waals surface area contributed by atoms with Crippen molar-refractivity contribution < 1.29 is 19.1 Å². The van der Waals surface area contributed by atoms with Crippen LogP contribution in [0.2, 0.25) is 0 Å². The number of urea groups is 1. The summed E-state index contributed by atoms with van der Waals surface area (Å²) in [6, 6.07) is 9.82. The molecule has 0 radical (unpaired) electrons. The number of piperidine rings is 1. The molecule has 32 heavy (non-hydrogen) atoms. The van der Waals surface area contributed by atoms with Gasteiger partial charge in [-0.25, -0.2) is 4.79 Å². The molecule has 1 N–H and O–H groups in total. The summed E-state index contributed by atoms with van der Waals surface area (Å²) in [5, 5.41) is 5.72. The van der Waals surface area contributed by atoms with Crippen LogP contribution in [0.15, 0.2) is 35.7 Å². The molecule has 3 aliphatic rings. The van der Waals surface area contributed by atoms with Crippen LogP contribution in [0.3, 0.4) is 0 Å². The molecule has 3 amide bonds. The second-order valence-electron chi connectivity index (χ2n) is 8.46. The summed E-state index contributed by atoms with van der Waals surface area (Å²) in [6.45, 7) is 5.61. The van der Waals surface area contributed by atoms with E-state index in [1.54, 1.807) is 0 Å². The van der Waals surface area contributed by atoms with Gasteiger partial charge in [0.15, 0.2) is 11.5 Å². The van der Waals surface area contributed by atoms with Crippen LogP contribution in [-0.4, -0.2) is 72.7 Å². The molecule has 4 heterocycles. The number of anilines is 1. The average molecular weight is 457 g/mol. The maximum absolute atomic E-state index is 13.0. The summed E-state index contributed by atoms with van der Waals surface area (Å²) in [6.07, 6.45) is 1.46. The van der Waals surface area contributed by atoms with Crippen LogP contribution < -0.4 is 14.8 Å². The topological polar surface area (TPSA) is 74.4 Å². The largest absolute Gasteiger partial charge is 0.454 e. The Morgan fingerprint density at radius 3 is 2.50 bits per heavy atom. The van der Waals surface area contributed by atoms with E-state index in [1.165, 1.54) is 16.9 Å². The summed E-state index contributed by atoms with van der Waals surface area (Å²) in [5.41, 5.74) is 1.20. The first-order chi connectivity index (χ1) is 15.7. The fourth-order valence-corrected chi connectivity index (χ4v) is 5.15. The molecule has 0 atom stereocenters. The van der Waals surface area contributed by atoms with Crippen LogP contribution in [0.1, 0.15) is 18.4 Å². The van der Waals surface area contributed by atoms with Crippen molar-refractivity contribution >= 4 is 28.3 Å². The lowest BCUT2D eigenvalue weighted by molar-refractivity contribution is -0.138. The van der Waals surface area contributed by atoms with Crippen LogP contribution in [0, 0.1) is 5.92 Å². The van der Waals surface area contributed by atoms with Crippen LogP contribution in [0.5, 0.6) is 11.5 Å². The molecular weight excluding hydrogens is 428 g/mol. The number of carbonyl (C=O) groups is 2. The Morgan fingerprint density at radius 1 is 0.969 bits per heavy atom. The average Bonchev–Trinajstić information content (AvgIpc) is 3.51. The number of nitrogens with one attached hydrogen (secondary N) is 1. The minimum atomic E-state index is -0.0736. The quantitative estimate of drug-likeness (QED) is 0.766. The van der Waals surface area contributed by atoms with E-state index in [4.69, 9.17) is 9.47 Å². The number of hydrogen-bond donors (Lipinski definition) is 1. The zero-order chi connectivity index (χ0) is 21.9. The van der Waals surface area contributed by atoms with Crippen LogP contribution in [-0.2, 0) is 11.3 Å². The molecule has 0 saturated carbocycles. The Labute approximate surface area is 191 Å². The molecular formula is C23H28N4O4S. The summed E-state index contributed by atoms with van der Waals surface area (Å²) in [7, 11) is 0. The SMILES string of the molecule is O=C(Nc1cccs1)N1CCC(C(=O)N2CCN(Cc3ccc4c(c3)OCO4)CC2)CC1. The van der Waals surface area contributed by atoms with E-state index in [2.05, 4.69) is 16.3 Å². The van der Waals surface area contributed by atoms with Gasteiger partial charge in [-0.3, -0.25) is 15.0 Å². The second kappa shape index (κ2) is 9.38. The number of nitrogens with zero attached hydrogens (tertiary/aromatic N) is 3. The number of amides is 3. The first-order valence-electron chi connectivity index (χ1n) is 11.1. The Bertz CT molecular complexity index is 951. The smallest absolute Gasteiger partial charge is 0.322 e. The van der Waals surface area contributed by atoms with E-state index >= 15 is 0 Å². The Balaban J connectivity index is 1.06. The van der Waals surface area contributed by atoms with E-state index in [-0.39, 0.29) is 24.6 Å². The Morgan fingerprint density at radius 2 is 1.75 bits per heavy atom. The van der Waals surface area contributed by atoms with Gasteiger partial charge in [0.2, 0.25) is 12.7 Å². The van der Waals surface area contributed by atoms with Gasteiger partial charge < -0.3 is 19.3 Å². The molecule has 5 rings (SSSR count). The fourth-order valence-electron chi connectivity index (χ4n) is 4.55. The molecule has 2 saturated heterocycles. The first-order valence-corrected chi connectivity index (χ1v) is 12.0. The number of ether oxygens (including phenoxy) is 2. The Hall–Kier alpha value is -2.78. The fraction of sp³-hybridized carbons (Fsp3) is 0.478. The minimum absolute atomic E-state index is 0.0150. The molecule has 170 valence electrons. The molecule has 1 aromatic heterocycles. The van der Waals surface area contributed by atoms with Crippen molar-refractivity contribution in [3.63, 3.8) is 0 Å². The van der Waals surface area contributed by atoms with Gasteiger partial charge in [-0.1, -0.05) is 6.07 Å². The lowest BCUT2D eigenvalue weighted by atomic mass is 9.95. The van der Waals surface area contributed by atoms with E-state index < -0.39 is 0 Å². The summed E-state index contributed by atoms with van der Waals surface area (Å²) < 4.78 is 10.9. The Kier molecular flexibility index (Phi) is 6.18. The van der Waals surface area contributed by atoms with Crippen LogP contribution >= 0.6 is 11.3 Å². The summed E-state index contributed by atoms with van der Waals surface area (Å²) in [5.74, 6) is 1.87.